The van der Waals surface area contributed by atoms with Gasteiger partial charge in [-0.15, -0.1) is 0 Å². The molecule has 1 fully saturated rings. The second-order valence-electron chi connectivity index (χ2n) is 4.23. The molecule has 2 rings (SSSR count). The summed E-state index contributed by atoms with van der Waals surface area (Å²) in [6.45, 7) is 1.49. The van der Waals surface area contributed by atoms with Crippen molar-refractivity contribution in [3.05, 3.63) is 35.9 Å². The maximum atomic E-state index is 11.4. The first-order chi connectivity index (χ1) is 7.65. The third-order valence-corrected chi connectivity index (χ3v) is 3.13. The van der Waals surface area contributed by atoms with Gasteiger partial charge in [-0.05, 0) is 12.6 Å². The molecule has 0 spiro atoms. The first-order valence-electron chi connectivity index (χ1n) is 5.28. The Kier molecular flexibility index (Phi) is 2.94. The molecule has 4 heteroatoms. The molecule has 0 radical (unpaired) electrons. The molecule has 1 heterocycles. The normalized spacial score (nSPS) is 18.1. The molecule has 1 aliphatic rings. The molecule has 1 saturated heterocycles. The van der Waals surface area contributed by atoms with Gasteiger partial charge in [0.05, 0.1) is 13.2 Å². The van der Waals surface area contributed by atoms with Crippen LogP contribution in [0.2, 0.25) is 0 Å². The van der Waals surface area contributed by atoms with Crippen LogP contribution in [0, 0.1) is 0 Å². The first-order valence-corrected chi connectivity index (χ1v) is 5.28. The van der Waals surface area contributed by atoms with Crippen LogP contribution in [-0.4, -0.2) is 36.6 Å². The van der Waals surface area contributed by atoms with Crippen molar-refractivity contribution in [2.75, 3.05) is 20.3 Å². The number of hydrogen-bond donors (Lipinski definition) is 1. The molecule has 0 aromatic heterocycles. The molecule has 2 N–H and O–H groups in total. The molecule has 0 saturated carbocycles. The van der Waals surface area contributed by atoms with Gasteiger partial charge in [0.2, 0.25) is 5.91 Å². The van der Waals surface area contributed by atoms with Crippen molar-refractivity contribution in [2.45, 2.75) is 12.1 Å². The molecule has 1 aromatic rings. The van der Waals surface area contributed by atoms with Gasteiger partial charge in [-0.3, -0.25) is 9.69 Å². The van der Waals surface area contributed by atoms with Gasteiger partial charge in [0.1, 0.15) is 5.54 Å². The number of hydrogen-bond acceptors (Lipinski definition) is 3. The predicted octanol–water partition coefficient (Wildman–Crippen LogP) is 0.373. The maximum absolute atomic E-state index is 11.4. The molecule has 1 aliphatic heterocycles. The monoisotopic (exact) mass is 220 g/mol. The lowest BCUT2D eigenvalue weighted by Gasteiger charge is -2.45. The molecule has 1 aromatic carbocycles. The molecular weight excluding hydrogens is 204 g/mol. The van der Waals surface area contributed by atoms with Gasteiger partial charge in [0.25, 0.3) is 0 Å². The summed E-state index contributed by atoms with van der Waals surface area (Å²) in [6.07, 6.45) is 0. The third-order valence-electron chi connectivity index (χ3n) is 3.13. The minimum atomic E-state index is -0.615. The highest BCUT2D eigenvalue weighted by Gasteiger charge is 2.47. The Labute approximate surface area is 95.0 Å². The number of nitrogens with two attached hydrogens (primary N) is 1. The highest BCUT2D eigenvalue weighted by atomic mass is 16.5. The molecule has 16 heavy (non-hydrogen) atoms. The molecule has 86 valence electrons. The lowest BCUT2D eigenvalue weighted by Crippen LogP contribution is -2.67. The second-order valence-corrected chi connectivity index (χ2v) is 4.23. The standard InChI is InChI=1S/C12H16N2O2/c1-14(7-10-5-3-2-4-6-10)12(11(13)15)8-16-9-12/h2-6H,7-9H2,1H3,(H2,13,15). The Morgan fingerprint density at radius 3 is 2.50 bits per heavy atom. The molecule has 0 bridgehead atoms. The van der Waals surface area contributed by atoms with E-state index in [1.54, 1.807) is 0 Å². The number of ether oxygens (including phenoxy) is 1. The Hall–Kier alpha value is -1.39. The van der Waals surface area contributed by atoms with E-state index in [0.29, 0.717) is 19.8 Å². The smallest absolute Gasteiger partial charge is 0.242 e. The quantitative estimate of drug-likeness (QED) is 0.797. The zero-order chi connectivity index (χ0) is 11.6. The summed E-state index contributed by atoms with van der Waals surface area (Å²) in [4.78, 5) is 13.4. The minimum absolute atomic E-state index is 0.308. The Balaban J connectivity index is 2.08. The fourth-order valence-electron chi connectivity index (χ4n) is 1.85. The van der Waals surface area contributed by atoms with Crippen LogP contribution in [0.25, 0.3) is 0 Å². The number of likely N-dealkylation sites (N-methyl/N-ethyl adjacent to an activating group) is 1. The third kappa shape index (κ3) is 1.81. The number of primary amides is 1. The van der Waals surface area contributed by atoms with Gasteiger partial charge in [-0.25, -0.2) is 0 Å². The van der Waals surface area contributed by atoms with E-state index in [0.717, 1.165) is 5.56 Å². The minimum Gasteiger partial charge on any atom is -0.376 e. The van der Waals surface area contributed by atoms with Crippen LogP contribution in [0.5, 0.6) is 0 Å². The number of rotatable bonds is 4. The largest absolute Gasteiger partial charge is 0.376 e. The van der Waals surface area contributed by atoms with E-state index in [9.17, 15) is 4.79 Å². The lowest BCUT2D eigenvalue weighted by molar-refractivity contribution is -0.165. The van der Waals surface area contributed by atoms with Crippen LogP contribution in [0.3, 0.4) is 0 Å². The summed E-state index contributed by atoms with van der Waals surface area (Å²) in [7, 11) is 1.90. The summed E-state index contributed by atoms with van der Waals surface area (Å²) >= 11 is 0. The van der Waals surface area contributed by atoms with Gasteiger partial charge < -0.3 is 10.5 Å². The summed E-state index contributed by atoms with van der Waals surface area (Å²) < 4.78 is 5.12. The van der Waals surface area contributed by atoms with E-state index in [4.69, 9.17) is 10.5 Å². The number of amides is 1. The van der Waals surface area contributed by atoms with Crippen LogP contribution in [0.1, 0.15) is 5.56 Å². The van der Waals surface area contributed by atoms with Gasteiger partial charge in [0, 0.05) is 6.54 Å². The molecule has 0 unspecified atom stereocenters. The highest BCUT2D eigenvalue weighted by molar-refractivity contribution is 5.85. The lowest BCUT2D eigenvalue weighted by atomic mass is 9.94. The van der Waals surface area contributed by atoms with Crippen LogP contribution in [0.4, 0.5) is 0 Å². The molecular formula is C12H16N2O2. The highest BCUT2D eigenvalue weighted by Crippen LogP contribution is 2.25. The summed E-state index contributed by atoms with van der Waals surface area (Å²) in [6, 6.07) is 10.0. The predicted molar refractivity (Wildman–Crippen MR) is 60.7 cm³/mol. The van der Waals surface area contributed by atoms with E-state index < -0.39 is 5.54 Å². The van der Waals surface area contributed by atoms with Gasteiger partial charge >= 0.3 is 0 Å². The number of nitrogens with zero attached hydrogens (tertiary/aromatic N) is 1. The van der Waals surface area contributed by atoms with Crippen LogP contribution < -0.4 is 5.73 Å². The van der Waals surface area contributed by atoms with Crippen molar-refractivity contribution in [1.82, 2.24) is 4.90 Å². The van der Waals surface area contributed by atoms with Crippen molar-refractivity contribution in [3.8, 4) is 0 Å². The summed E-state index contributed by atoms with van der Waals surface area (Å²) in [5.41, 5.74) is 5.98. The van der Waals surface area contributed by atoms with Crippen molar-refractivity contribution in [1.29, 1.82) is 0 Å². The molecule has 0 atom stereocenters. The van der Waals surface area contributed by atoms with E-state index in [-0.39, 0.29) is 5.91 Å². The van der Waals surface area contributed by atoms with Gasteiger partial charge in [0.15, 0.2) is 0 Å². The van der Waals surface area contributed by atoms with E-state index in [2.05, 4.69) is 0 Å². The SMILES string of the molecule is CN(Cc1ccccc1)C1(C(N)=O)COC1. The Morgan fingerprint density at radius 2 is 2.06 bits per heavy atom. The van der Waals surface area contributed by atoms with Crippen LogP contribution in [-0.2, 0) is 16.1 Å². The first kappa shape index (κ1) is 11.1. The average molecular weight is 220 g/mol. The topological polar surface area (TPSA) is 55.6 Å². The average Bonchev–Trinajstić information content (AvgIpc) is 2.16. The van der Waals surface area contributed by atoms with Crippen LogP contribution in [0.15, 0.2) is 30.3 Å². The molecule has 4 nitrogen and oxygen atoms in total. The van der Waals surface area contributed by atoms with E-state index in [1.165, 1.54) is 0 Å². The fourth-order valence-corrected chi connectivity index (χ4v) is 1.85. The zero-order valence-corrected chi connectivity index (χ0v) is 9.35. The number of benzene rings is 1. The number of carbonyl (C=O) groups excluding carboxylic acids is 1. The van der Waals surface area contributed by atoms with Gasteiger partial charge in [-0.2, -0.15) is 0 Å². The molecule has 1 amide bonds. The maximum Gasteiger partial charge on any atom is 0.242 e. The summed E-state index contributed by atoms with van der Waals surface area (Å²) in [5.74, 6) is -0.308. The fraction of sp³-hybridized carbons (Fsp3) is 0.417. The van der Waals surface area contributed by atoms with Crippen molar-refractivity contribution in [3.63, 3.8) is 0 Å². The Morgan fingerprint density at radius 1 is 1.44 bits per heavy atom. The number of carbonyl (C=O) groups is 1. The van der Waals surface area contributed by atoms with E-state index in [1.807, 2.05) is 42.3 Å². The van der Waals surface area contributed by atoms with Crippen molar-refractivity contribution < 1.29 is 9.53 Å². The summed E-state index contributed by atoms with van der Waals surface area (Å²) in [5, 5.41) is 0. The molecule has 0 aliphatic carbocycles. The van der Waals surface area contributed by atoms with Gasteiger partial charge in [-0.1, -0.05) is 30.3 Å². The zero-order valence-electron chi connectivity index (χ0n) is 9.35. The van der Waals surface area contributed by atoms with E-state index >= 15 is 0 Å². The Bertz CT molecular complexity index is 374. The van der Waals surface area contributed by atoms with Crippen molar-refractivity contribution in [2.24, 2.45) is 5.73 Å². The van der Waals surface area contributed by atoms with Crippen LogP contribution >= 0.6 is 0 Å². The van der Waals surface area contributed by atoms with Crippen molar-refractivity contribution >= 4 is 5.91 Å². The second kappa shape index (κ2) is 4.23.